The lowest BCUT2D eigenvalue weighted by Gasteiger charge is -2.29. The SMILES string of the molecule is NC(=O)[C@@H](NCC1CCC1)C(=O)Nc1ccc(N2CCOCC2=O)c(C(F)(F)F)c1. The van der Waals surface area contributed by atoms with Gasteiger partial charge in [-0.25, -0.2) is 0 Å². The fraction of sp³-hybridized carbons (Fsp3) is 0.526. The smallest absolute Gasteiger partial charge is 0.370 e. The minimum Gasteiger partial charge on any atom is -0.370 e. The first-order valence-electron chi connectivity index (χ1n) is 9.59. The van der Waals surface area contributed by atoms with Gasteiger partial charge in [-0.15, -0.1) is 0 Å². The summed E-state index contributed by atoms with van der Waals surface area (Å²) in [5.74, 6) is -2.00. The van der Waals surface area contributed by atoms with Gasteiger partial charge >= 0.3 is 6.18 Å². The number of nitrogens with one attached hydrogen (secondary N) is 2. The van der Waals surface area contributed by atoms with Crippen LogP contribution in [0.1, 0.15) is 24.8 Å². The molecule has 1 saturated heterocycles. The molecule has 1 saturated carbocycles. The Morgan fingerprint density at radius 2 is 2.03 bits per heavy atom. The van der Waals surface area contributed by atoms with Gasteiger partial charge in [0.05, 0.1) is 17.9 Å². The lowest BCUT2D eigenvalue weighted by atomic mass is 9.85. The minimum absolute atomic E-state index is 0.0115. The number of primary amides is 1. The molecule has 0 radical (unpaired) electrons. The third kappa shape index (κ3) is 5.08. The molecule has 1 aliphatic carbocycles. The fourth-order valence-electron chi connectivity index (χ4n) is 3.37. The third-order valence-electron chi connectivity index (χ3n) is 5.23. The van der Waals surface area contributed by atoms with Crippen LogP contribution in [-0.2, 0) is 25.3 Å². The van der Waals surface area contributed by atoms with Gasteiger partial charge < -0.3 is 20.7 Å². The van der Waals surface area contributed by atoms with Crippen LogP contribution in [0.5, 0.6) is 0 Å². The summed E-state index contributed by atoms with van der Waals surface area (Å²) in [4.78, 5) is 37.0. The number of halogens is 3. The van der Waals surface area contributed by atoms with Crippen molar-refractivity contribution in [3.05, 3.63) is 23.8 Å². The minimum atomic E-state index is -4.76. The molecule has 0 bridgehead atoms. The second-order valence-electron chi connectivity index (χ2n) is 7.36. The highest BCUT2D eigenvalue weighted by Gasteiger charge is 2.37. The number of benzene rings is 1. The van der Waals surface area contributed by atoms with Crippen molar-refractivity contribution < 1.29 is 32.3 Å². The fourth-order valence-corrected chi connectivity index (χ4v) is 3.37. The van der Waals surface area contributed by atoms with Crippen LogP contribution in [-0.4, -0.2) is 50.1 Å². The van der Waals surface area contributed by atoms with Crippen LogP contribution in [0.25, 0.3) is 0 Å². The topological polar surface area (TPSA) is 114 Å². The van der Waals surface area contributed by atoms with Crippen LogP contribution >= 0.6 is 0 Å². The maximum absolute atomic E-state index is 13.6. The molecule has 3 rings (SSSR count). The van der Waals surface area contributed by atoms with E-state index in [1.54, 1.807) is 0 Å². The molecular formula is C19H23F3N4O4. The van der Waals surface area contributed by atoms with E-state index < -0.39 is 35.5 Å². The van der Waals surface area contributed by atoms with Gasteiger partial charge in [0.1, 0.15) is 6.61 Å². The van der Waals surface area contributed by atoms with Crippen LogP contribution in [0.2, 0.25) is 0 Å². The van der Waals surface area contributed by atoms with Crippen molar-refractivity contribution in [3.8, 4) is 0 Å². The summed E-state index contributed by atoms with van der Waals surface area (Å²) in [6.07, 6.45) is -1.72. The number of nitrogens with two attached hydrogens (primary N) is 1. The van der Waals surface area contributed by atoms with Crippen molar-refractivity contribution in [3.63, 3.8) is 0 Å². The molecule has 2 fully saturated rings. The van der Waals surface area contributed by atoms with Crippen molar-refractivity contribution in [2.75, 3.05) is 36.5 Å². The first kappa shape index (κ1) is 22.0. The van der Waals surface area contributed by atoms with E-state index in [4.69, 9.17) is 10.5 Å². The monoisotopic (exact) mass is 428 g/mol. The summed E-state index contributed by atoms with van der Waals surface area (Å²) in [5, 5.41) is 5.09. The Bertz CT molecular complexity index is 826. The lowest BCUT2D eigenvalue weighted by molar-refractivity contribution is -0.137. The maximum Gasteiger partial charge on any atom is 0.418 e. The number of amides is 3. The van der Waals surface area contributed by atoms with E-state index in [1.165, 1.54) is 6.07 Å². The zero-order valence-corrected chi connectivity index (χ0v) is 16.1. The van der Waals surface area contributed by atoms with E-state index in [0.717, 1.165) is 36.3 Å². The molecule has 8 nitrogen and oxygen atoms in total. The Kier molecular flexibility index (Phi) is 6.61. The van der Waals surface area contributed by atoms with Crippen LogP contribution in [0, 0.1) is 5.92 Å². The summed E-state index contributed by atoms with van der Waals surface area (Å²) < 4.78 is 45.8. The lowest BCUT2D eigenvalue weighted by Crippen LogP contribution is -2.51. The van der Waals surface area contributed by atoms with Gasteiger partial charge in [0, 0.05) is 12.2 Å². The number of nitrogens with zero attached hydrogens (tertiary/aromatic N) is 1. The Morgan fingerprint density at radius 1 is 1.30 bits per heavy atom. The summed E-state index contributed by atoms with van der Waals surface area (Å²) >= 11 is 0. The Hall–Kier alpha value is -2.66. The number of hydrogen-bond donors (Lipinski definition) is 3. The molecular weight excluding hydrogens is 405 g/mol. The van der Waals surface area contributed by atoms with E-state index in [9.17, 15) is 27.6 Å². The van der Waals surface area contributed by atoms with Gasteiger partial charge in [-0.05, 0) is 43.5 Å². The van der Waals surface area contributed by atoms with Crippen LogP contribution in [0.3, 0.4) is 0 Å². The van der Waals surface area contributed by atoms with Crippen molar-refractivity contribution in [2.24, 2.45) is 11.7 Å². The first-order chi connectivity index (χ1) is 14.2. The predicted molar refractivity (Wildman–Crippen MR) is 102 cm³/mol. The highest BCUT2D eigenvalue weighted by Crippen LogP contribution is 2.38. The Balaban J connectivity index is 1.78. The maximum atomic E-state index is 13.6. The molecule has 0 aromatic heterocycles. The number of rotatable bonds is 7. The molecule has 11 heteroatoms. The number of carbonyl (C=O) groups excluding carboxylic acids is 3. The van der Waals surface area contributed by atoms with E-state index in [1.807, 2.05) is 0 Å². The molecule has 30 heavy (non-hydrogen) atoms. The number of hydrogen-bond acceptors (Lipinski definition) is 5. The van der Waals surface area contributed by atoms with Crippen molar-refractivity contribution in [1.29, 1.82) is 0 Å². The normalized spacial score (nSPS) is 18.6. The van der Waals surface area contributed by atoms with Gasteiger partial charge in [-0.2, -0.15) is 13.2 Å². The number of anilines is 2. The van der Waals surface area contributed by atoms with Gasteiger partial charge in [0.2, 0.25) is 5.91 Å². The van der Waals surface area contributed by atoms with Crippen LogP contribution in [0.15, 0.2) is 18.2 Å². The average Bonchev–Trinajstić information content (AvgIpc) is 2.63. The summed E-state index contributed by atoms with van der Waals surface area (Å²) in [6.45, 7) is 0.229. The Labute approximate surface area is 170 Å². The molecule has 1 aromatic rings. The van der Waals surface area contributed by atoms with E-state index >= 15 is 0 Å². The second-order valence-corrected chi connectivity index (χ2v) is 7.36. The number of morpholine rings is 1. The van der Waals surface area contributed by atoms with E-state index in [2.05, 4.69) is 10.6 Å². The zero-order valence-electron chi connectivity index (χ0n) is 16.1. The standard InChI is InChI=1S/C19H23F3N4O4/c20-19(21,22)13-8-12(4-5-14(13)26-6-7-30-10-15(26)27)25-18(29)16(17(23)28)24-9-11-2-1-3-11/h4-5,8,11,16,24H,1-3,6-7,9-10H2,(H2,23,28)(H,25,29)/t16-/m1/s1. The van der Waals surface area contributed by atoms with Gasteiger partial charge in [0.25, 0.3) is 11.8 Å². The molecule has 2 aliphatic rings. The molecule has 0 spiro atoms. The van der Waals surface area contributed by atoms with Gasteiger partial charge in [-0.1, -0.05) is 6.42 Å². The molecule has 3 amide bonds. The third-order valence-corrected chi connectivity index (χ3v) is 5.23. The molecule has 1 heterocycles. The summed E-state index contributed by atoms with van der Waals surface area (Å²) in [5.41, 5.74) is 3.72. The highest BCUT2D eigenvalue weighted by atomic mass is 19.4. The molecule has 4 N–H and O–H groups in total. The summed E-state index contributed by atoms with van der Waals surface area (Å²) in [6, 6.07) is 1.73. The molecule has 0 unspecified atom stereocenters. The summed E-state index contributed by atoms with van der Waals surface area (Å²) in [7, 11) is 0. The number of alkyl halides is 3. The second kappa shape index (κ2) is 9.00. The van der Waals surface area contributed by atoms with Crippen LogP contribution in [0.4, 0.5) is 24.5 Å². The highest BCUT2D eigenvalue weighted by molar-refractivity contribution is 6.09. The van der Waals surface area contributed by atoms with Gasteiger partial charge in [0.15, 0.2) is 6.04 Å². The van der Waals surface area contributed by atoms with Gasteiger partial charge in [-0.3, -0.25) is 19.7 Å². The average molecular weight is 428 g/mol. The van der Waals surface area contributed by atoms with Crippen molar-refractivity contribution in [1.82, 2.24) is 5.32 Å². The van der Waals surface area contributed by atoms with Crippen molar-refractivity contribution >= 4 is 29.1 Å². The quantitative estimate of drug-likeness (QED) is 0.566. The van der Waals surface area contributed by atoms with Crippen LogP contribution < -0.4 is 21.3 Å². The molecule has 1 atom stereocenters. The van der Waals surface area contributed by atoms with E-state index in [0.29, 0.717) is 12.5 Å². The molecule has 1 aromatic carbocycles. The number of ether oxygens (including phenoxy) is 1. The molecule has 1 aliphatic heterocycles. The zero-order chi connectivity index (χ0) is 21.9. The van der Waals surface area contributed by atoms with Crippen molar-refractivity contribution in [2.45, 2.75) is 31.5 Å². The first-order valence-corrected chi connectivity index (χ1v) is 9.59. The molecule has 164 valence electrons. The largest absolute Gasteiger partial charge is 0.418 e. The number of carbonyl (C=O) groups is 3. The predicted octanol–water partition coefficient (Wildman–Crippen LogP) is 1.25. The Morgan fingerprint density at radius 3 is 2.60 bits per heavy atom. The van der Waals surface area contributed by atoms with E-state index in [-0.39, 0.29) is 31.1 Å².